The van der Waals surface area contributed by atoms with Crippen molar-refractivity contribution in [1.29, 1.82) is 0 Å². The number of carboxylic acids is 1. The van der Waals surface area contributed by atoms with Gasteiger partial charge in [-0.3, -0.25) is 4.79 Å². The topological polar surface area (TPSA) is 90.7 Å². The van der Waals surface area contributed by atoms with Gasteiger partial charge in [-0.15, -0.1) is 17.3 Å². The minimum absolute atomic E-state index is 0.0258. The molecule has 2 rings (SSSR count). The molecule has 2 heterocycles. The molecule has 0 bridgehead atoms. The summed E-state index contributed by atoms with van der Waals surface area (Å²) in [7, 11) is 0. The maximum absolute atomic E-state index is 12.2. The Balaban J connectivity index is 1.83. The number of carboxylic acid groups (broad SMARTS) is 1. The van der Waals surface area contributed by atoms with Crippen LogP contribution in [0.2, 0.25) is 0 Å². The highest BCUT2D eigenvalue weighted by Gasteiger charge is 2.28. The number of hydrogen-bond acceptors (Lipinski definition) is 6. The molecule has 0 aliphatic carbocycles. The van der Waals surface area contributed by atoms with Gasteiger partial charge in [-0.2, -0.15) is 0 Å². The molecule has 2 atom stereocenters. The second-order valence-electron chi connectivity index (χ2n) is 7.16. The molecule has 0 spiro atoms. The number of hydrogen-bond donors (Lipinski definition) is 2. The van der Waals surface area contributed by atoms with E-state index >= 15 is 0 Å². The quantitative estimate of drug-likeness (QED) is 0.251. The minimum atomic E-state index is -1.06. The summed E-state index contributed by atoms with van der Waals surface area (Å²) in [6.45, 7) is 4.40. The van der Waals surface area contributed by atoms with Crippen LogP contribution in [0.4, 0.5) is 0 Å². The molecular weight excluding hydrogens is 408 g/mol. The van der Waals surface area contributed by atoms with E-state index in [1.807, 2.05) is 17.1 Å². The van der Waals surface area contributed by atoms with Gasteiger partial charge in [0, 0.05) is 36.9 Å². The van der Waals surface area contributed by atoms with Crippen LogP contribution < -0.4 is 0 Å². The van der Waals surface area contributed by atoms with Crippen molar-refractivity contribution in [3.8, 4) is 11.8 Å². The molecular formula is C21H28N2O4S2. The average molecular weight is 437 g/mol. The third-order valence-electron chi connectivity index (χ3n) is 4.52. The summed E-state index contributed by atoms with van der Waals surface area (Å²) in [4.78, 5) is 29.0. The van der Waals surface area contributed by atoms with E-state index in [0.717, 1.165) is 25.7 Å². The number of nitrogens with zero attached hydrogens (tertiary/aromatic N) is 2. The average Bonchev–Trinajstić information content (AvgIpc) is 3.27. The molecule has 0 radical (unpaired) electrons. The number of likely N-dealkylation sites (tertiary alicyclic amines) is 1. The van der Waals surface area contributed by atoms with Crippen molar-refractivity contribution in [3.63, 3.8) is 0 Å². The molecule has 0 aromatic carbocycles. The van der Waals surface area contributed by atoms with Crippen LogP contribution >= 0.6 is 23.1 Å². The highest BCUT2D eigenvalue weighted by atomic mass is 32.2. The number of rotatable bonds is 10. The van der Waals surface area contributed by atoms with Gasteiger partial charge in [0.1, 0.15) is 5.60 Å². The molecule has 0 saturated carbocycles. The number of aromatic nitrogens is 1. The number of aliphatic hydroxyl groups is 1. The van der Waals surface area contributed by atoms with Crippen LogP contribution in [0, 0.1) is 11.8 Å². The number of amides is 1. The van der Waals surface area contributed by atoms with Crippen molar-refractivity contribution < 1.29 is 19.8 Å². The van der Waals surface area contributed by atoms with E-state index < -0.39 is 11.6 Å². The monoisotopic (exact) mass is 436 g/mol. The number of aromatic carboxylic acids is 1. The first-order valence-corrected chi connectivity index (χ1v) is 11.7. The zero-order chi connectivity index (χ0) is 21.3. The highest BCUT2D eigenvalue weighted by Crippen LogP contribution is 2.25. The summed E-state index contributed by atoms with van der Waals surface area (Å²) in [5.74, 6) is 5.70. The van der Waals surface area contributed by atoms with Gasteiger partial charge in [0.25, 0.3) is 0 Å². The van der Waals surface area contributed by atoms with E-state index in [4.69, 9.17) is 5.11 Å². The Morgan fingerprint density at radius 2 is 2.34 bits per heavy atom. The fraction of sp³-hybridized carbons (Fsp3) is 0.571. The largest absolute Gasteiger partial charge is 0.476 e. The van der Waals surface area contributed by atoms with Crippen molar-refractivity contribution in [2.45, 2.75) is 68.4 Å². The third-order valence-corrected chi connectivity index (χ3v) is 6.52. The Morgan fingerprint density at radius 1 is 1.55 bits per heavy atom. The van der Waals surface area contributed by atoms with E-state index in [-0.39, 0.29) is 17.6 Å². The minimum Gasteiger partial charge on any atom is -0.476 e. The maximum atomic E-state index is 12.2. The Bertz CT molecular complexity index is 792. The van der Waals surface area contributed by atoms with E-state index in [1.165, 1.54) is 28.5 Å². The predicted molar refractivity (Wildman–Crippen MR) is 116 cm³/mol. The number of carbonyl (C=O) groups excluding carboxylic acids is 1. The van der Waals surface area contributed by atoms with Crippen molar-refractivity contribution in [1.82, 2.24) is 9.88 Å². The number of unbranched alkanes of at least 4 members (excludes halogenated alkanes) is 2. The van der Waals surface area contributed by atoms with Gasteiger partial charge in [-0.1, -0.05) is 43.2 Å². The number of thioether (sulfide) groups is 1. The molecule has 1 fully saturated rings. The zero-order valence-corrected chi connectivity index (χ0v) is 18.5. The molecule has 2 N–H and O–H groups in total. The lowest BCUT2D eigenvalue weighted by Crippen LogP contribution is -2.33. The van der Waals surface area contributed by atoms with Crippen LogP contribution in [0.1, 0.15) is 62.9 Å². The van der Waals surface area contributed by atoms with Gasteiger partial charge in [0.15, 0.2) is 10.0 Å². The van der Waals surface area contributed by atoms with E-state index in [0.29, 0.717) is 29.5 Å². The van der Waals surface area contributed by atoms with Gasteiger partial charge in [0.2, 0.25) is 5.91 Å². The van der Waals surface area contributed by atoms with E-state index in [9.17, 15) is 14.7 Å². The summed E-state index contributed by atoms with van der Waals surface area (Å²) >= 11 is 2.76. The molecule has 8 heteroatoms. The summed E-state index contributed by atoms with van der Waals surface area (Å²) in [5.41, 5.74) is -0.999. The number of thiazole rings is 1. The van der Waals surface area contributed by atoms with Crippen LogP contribution in [-0.2, 0) is 4.79 Å². The summed E-state index contributed by atoms with van der Waals surface area (Å²) in [6, 6.07) is 0.0258. The molecule has 1 aromatic heterocycles. The second-order valence-corrected chi connectivity index (χ2v) is 9.36. The standard InChI is InChI=1S/C21H28N2O4S2/c1-3-4-5-6-11-21(2,27)12-7-8-16-9-10-18(24)23(16)13-14-28-20-22-17(15-29-20)19(25)26/h7-8,15-16,27H,3-5,9-10,12-14H2,1-2H3,(H,25,26)/t16-,21-/m0/s1. The SMILES string of the molecule is CCCCC#C[C@](C)(O)CC=C[C@H]1CCC(=O)N1CCSc1nc(C(=O)O)cs1. The van der Waals surface area contributed by atoms with E-state index in [2.05, 4.69) is 23.7 Å². The molecule has 1 saturated heterocycles. The normalized spacial score (nSPS) is 18.7. The second kappa shape index (κ2) is 11.4. The molecule has 1 aromatic rings. The Morgan fingerprint density at radius 3 is 3.03 bits per heavy atom. The fourth-order valence-electron chi connectivity index (χ4n) is 2.92. The third kappa shape index (κ3) is 7.84. The predicted octanol–water partition coefficient (Wildman–Crippen LogP) is 3.82. The first-order valence-electron chi connectivity index (χ1n) is 9.82. The molecule has 1 amide bonds. The van der Waals surface area contributed by atoms with Gasteiger partial charge in [-0.25, -0.2) is 9.78 Å². The first-order chi connectivity index (χ1) is 13.8. The van der Waals surface area contributed by atoms with Crippen LogP contribution in [0.5, 0.6) is 0 Å². The lowest BCUT2D eigenvalue weighted by atomic mass is 10.0. The summed E-state index contributed by atoms with van der Waals surface area (Å²) < 4.78 is 0.693. The van der Waals surface area contributed by atoms with Crippen LogP contribution in [0.25, 0.3) is 0 Å². The van der Waals surface area contributed by atoms with Crippen molar-refractivity contribution >= 4 is 35.0 Å². The number of carbonyl (C=O) groups is 2. The Hall–Kier alpha value is -1.82. The summed E-state index contributed by atoms with van der Waals surface area (Å²) in [6.07, 6.45) is 8.54. The molecule has 0 unspecified atom stereocenters. The van der Waals surface area contributed by atoms with Gasteiger partial charge < -0.3 is 15.1 Å². The fourth-order valence-corrected chi connectivity index (χ4v) is 4.73. The smallest absolute Gasteiger partial charge is 0.355 e. The van der Waals surface area contributed by atoms with E-state index in [1.54, 1.807) is 6.92 Å². The van der Waals surface area contributed by atoms with Crippen molar-refractivity contribution in [2.24, 2.45) is 0 Å². The van der Waals surface area contributed by atoms with Gasteiger partial charge in [-0.05, 0) is 19.8 Å². The molecule has 1 aliphatic heterocycles. The molecule has 6 nitrogen and oxygen atoms in total. The lowest BCUT2D eigenvalue weighted by molar-refractivity contribution is -0.128. The van der Waals surface area contributed by atoms with Crippen molar-refractivity contribution in [2.75, 3.05) is 12.3 Å². The summed E-state index contributed by atoms with van der Waals surface area (Å²) in [5, 5.41) is 20.8. The van der Waals surface area contributed by atoms with Crippen LogP contribution in [0.15, 0.2) is 21.9 Å². The van der Waals surface area contributed by atoms with Gasteiger partial charge in [0.05, 0.1) is 6.04 Å². The van der Waals surface area contributed by atoms with Crippen molar-refractivity contribution in [3.05, 3.63) is 23.2 Å². The first kappa shape index (κ1) is 23.5. The molecule has 29 heavy (non-hydrogen) atoms. The van der Waals surface area contributed by atoms with Crippen LogP contribution in [-0.4, -0.2) is 55.9 Å². The van der Waals surface area contributed by atoms with Crippen LogP contribution in [0.3, 0.4) is 0 Å². The molecule has 158 valence electrons. The lowest BCUT2D eigenvalue weighted by Gasteiger charge is -2.22. The Kier molecular flexibility index (Phi) is 9.21. The highest BCUT2D eigenvalue weighted by molar-refractivity contribution is 8.01. The van der Waals surface area contributed by atoms with Gasteiger partial charge >= 0.3 is 5.97 Å². The Labute approximate surface area is 180 Å². The molecule has 1 aliphatic rings. The zero-order valence-electron chi connectivity index (χ0n) is 16.9. The maximum Gasteiger partial charge on any atom is 0.355 e.